The van der Waals surface area contributed by atoms with Crippen molar-refractivity contribution < 1.29 is 19.1 Å². The Balaban J connectivity index is 1.72. The van der Waals surface area contributed by atoms with E-state index in [9.17, 15) is 9.59 Å². The molecule has 3 rings (SSSR count). The topological polar surface area (TPSA) is 80.2 Å². The first-order valence-electron chi connectivity index (χ1n) is 8.93. The van der Waals surface area contributed by atoms with Crippen LogP contribution in [0.25, 0.3) is 0 Å². The van der Waals surface area contributed by atoms with Crippen LogP contribution in [-0.2, 0) is 11.2 Å². The molecule has 0 unspecified atom stereocenters. The molecule has 7 heteroatoms. The number of carbonyl (C=O) groups is 2. The maximum absolute atomic E-state index is 12.8. The van der Waals surface area contributed by atoms with Crippen molar-refractivity contribution in [3.63, 3.8) is 0 Å². The predicted molar refractivity (Wildman–Crippen MR) is 106 cm³/mol. The highest BCUT2D eigenvalue weighted by atomic mass is 16.5. The van der Waals surface area contributed by atoms with Gasteiger partial charge in [-0.15, -0.1) is 5.01 Å². The molecule has 0 aliphatic carbocycles. The minimum absolute atomic E-state index is 0.370. The molecule has 1 heterocycles. The lowest BCUT2D eigenvalue weighted by atomic mass is 9.93. The van der Waals surface area contributed by atoms with Crippen LogP contribution >= 0.6 is 0 Å². The molecule has 7 nitrogen and oxygen atoms in total. The van der Waals surface area contributed by atoms with Gasteiger partial charge in [0.2, 0.25) is 0 Å². The first-order valence-corrected chi connectivity index (χ1v) is 8.93. The molecule has 1 aliphatic rings. The van der Waals surface area contributed by atoms with E-state index < -0.39 is 11.6 Å². The Morgan fingerprint density at radius 3 is 2.46 bits per heavy atom. The average Bonchev–Trinajstić information content (AvgIpc) is 2.94. The second kappa shape index (κ2) is 8.12. The van der Waals surface area contributed by atoms with E-state index in [1.54, 1.807) is 32.2 Å². The highest BCUT2D eigenvalue weighted by Crippen LogP contribution is 2.27. The van der Waals surface area contributed by atoms with Crippen LogP contribution in [0.2, 0.25) is 0 Å². The van der Waals surface area contributed by atoms with Gasteiger partial charge in [0.25, 0.3) is 5.91 Å². The zero-order valence-electron chi connectivity index (χ0n) is 16.1. The Hall–Kier alpha value is -3.35. The minimum atomic E-state index is -0.984. The van der Waals surface area contributed by atoms with Gasteiger partial charge < -0.3 is 14.8 Å². The summed E-state index contributed by atoms with van der Waals surface area (Å²) in [5, 5.41) is 7.72. The molecule has 1 saturated heterocycles. The van der Waals surface area contributed by atoms with Gasteiger partial charge in [-0.2, -0.15) is 5.10 Å². The number of ether oxygens (including phenoxy) is 2. The van der Waals surface area contributed by atoms with Gasteiger partial charge in [-0.1, -0.05) is 30.3 Å². The predicted octanol–water partition coefficient (Wildman–Crippen LogP) is 2.98. The number of carbonyl (C=O) groups excluding carboxylic acids is 2. The van der Waals surface area contributed by atoms with E-state index in [4.69, 9.17) is 9.47 Å². The van der Waals surface area contributed by atoms with Crippen LogP contribution in [0.5, 0.6) is 11.5 Å². The molecular formula is C21H23N3O4. The van der Waals surface area contributed by atoms with Crippen molar-refractivity contribution >= 4 is 18.2 Å². The number of hydrazone groups is 1. The van der Waals surface area contributed by atoms with Gasteiger partial charge in [0.1, 0.15) is 5.54 Å². The lowest BCUT2D eigenvalue weighted by Crippen LogP contribution is -2.44. The summed E-state index contributed by atoms with van der Waals surface area (Å²) in [6.07, 6.45) is 2.61. The van der Waals surface area contributed by atoms with Gasteiger partial charge >= 0.3 is 6.03 Å². The molecule has 1 atom stereocenters. The quantitative estimate of drug-likeness (QED) is 0.591. The van der Waals surface area contributed by atoms with Gasteiger partial charge in [0, 0.05) is 0 Å². The molecule has 0 spiro atoms. The zero-order valence-corrected chi connectivity index (χ0v) is 16.1. The molecule has 1 fully saturated rings. The third-order valence-electron chi connectivity index (χ3n) is 4.73. The molecular weight excluding hydrogens is 358 g/mol. The van der Waals surface area contributed by atoms with Crippen LogP contribution < -0.4 is 14.8 Å². The van der Waals surface area contributed by atoms with Crippen molar-refractivity contribution in [2.75, 3.05) is 14.2 Å². The van der Waals surface area contributed by atoms with Crippen LogP contribution in [0.3, 0.4) is 0 Å². The first-order chi connectivity index (χ1) is 13.5. The minimum Gasteiger partial charge on any atom is -0.493 e. The largest absolute Gasteiger partial charge is 0.493 e. The number of nitrogens with zero attached hydrogens (tertiary/aromatic N) is 2. The third-order valence-corrected chi connectivity index (χ3v) is 4.73. The summed E-state index contributed by atoms with van der Waals surface area (Å²) >= 11 is 0. The number of rotatable bonds is 7. The normalized spacial score (nSPS) is 19.2. The molecule has 28 heavy (non-hydrogen) atoms. The summed E-state index contributed by atoms with van der Waals surface area (Å²) in [4.78, 5) is 25.1. The summed E-state index contributed by atoms with van der Waals surface area (Å²) in [6, 6.07) is 14.5. The van der Waals surface area contributed by atoms with Gasteiger partial charge in [-0.3, -0.25) is 4.79 Å². The van der Waals surface area contributed by atoms with Crippen molar-refractivity contribution in [3.8, 4) is 11.5 Å². The Kier molecular flexibility index (Phi) is 5.63. The standard InChI is InChI=1S/C21H23N3O4/c1-21(12-11-15-7-5-4-6-8-15)19(25)24(20(26)23-21)22-14-16-9-10-17(27-2)18(13-16)28-3/h4-10,13-14H,11-12H2,1-3H3,(H,23,26)/b22-14-/t21-/m0/s1. The Morgan fingerprint density at radius 2 is 1.79 bits per heavy atom. The molecule has 146 valence electrons. The van der Waals surface area contributed by atoms with E-state index in [0.29, 0.717) is 29.9 Å². The van der Waals surface area contributed by atoms with E-state index in [2.05, 4.69) is 10.4 Å². The summed E-state index contributed by atoms with van der Waals surface area (Å²) in [5.41, 5.74) is 0.802. The van der Waals surface area contributed by atoms with E-state index in [0.717, 1.165) is 10.6 Å². The van der Waals surface area contributed by atoms with Crippen molar-refractivity contribution in [2.45, 2.75) is 25.3 Å². The molecule has 1 aliphatic heterocycles. The van der Waals surface area contributed by atoms with Crippen LogP contribution in [-0.4, -0.2) is 42.9 Å². The highest BCUT2D eigenvalue weighted by molar-refractivity contribution is 6.07. The second-order valence-electron chi connectivity index (χ2n) is 6.72. The van der Waals surface area contributed by atoms with E-state index >= 15 is 0 Å². The molecule has 1 N–H and O–H groups in total. The fourth-order valence-electron chi connectivity index (χ4n) is 3.04. The summed E-state index contributed by atoms with van der Waals surface area (Å²) in [7, 11) is 3.09. The number of urea groups is 1. The highest BCUT2D eigenvalue weighted by Gasteiger charge is 2.47. The van der Waals surface area contributed by atoms with Gasteiger partial charge in [-0.25, -0.2) is 4.79 Å². The van der Waals surface area contributed by atoms with E-state index in [1.807, 2.05) is 30.3 Å². The first kappa shape index (κ1) is 19.4. The number of nitrogens with one attached hydrogen (secondary N) is 1. The fourth-order valence-corrected chi connectivity index (χ4v) is 3.04. The van der Waals surface area contributed by atoms with Crippen molar-refractivity contribution in [1.29, 1.82) is 0 Å². The van der Waals surface area contributed by atoms with Crippen LogP contribution in [0.1, 0.15) is 24.5 Å². The Labute approximate surface area is 163 Å². The smallest absolute Gasteiger partial charge is 0.346 e. The molecule has 0 aromatic heterocycles. The van der Waals surface area contributed by atoms with Crippen LogP contribution in [0, 0.1) is 0 Å². The number of benzene rings is 2. The van der Waals surface area contributed by atoms with Gasteiger partial charge in [0.05, 0.1) is 20.4 Å². The number of imide groups is 1. The lowest BCUT2D eigenvalue weighted by molar-refractivity contribution is -0.130. The second-order valence-corrected chi connectivity index (χ2v) is 6.72. The molecule has 0 saturated carbocycles. The molecule has 2 aromatic rings. The van der Waals surface area contributed by atoms with Crippen molar-refractivity contribution in [3.05, 3.63) is 59.7 Å². The lowest BCUT2D eigenvalue weighted by Gasteiger charge is -2.20. The Morgan fingerprint density at radius 1 is 1.07 bits per heavy atom. The SMILES string of the molecule is COc1ccc(/C=N\N2C(=O)N[C@@](C)(CCc3ccccc3)C2=O)cc1OC. The maximum Gasteiger partial charge on any atom is 0.346 e. The molecule has 2 aromatic carbocycles. The van der Waals surface area contributed by atoms with Crippen molar-refractivity contribution in [1.82, 2.24) is 10.3 Å². The third kappa shape index (κ3) is 3.98. The summed E-state index contributed by atoms with van der Waals surface area (Å²) in [5.74, 6) is 0.754. The van der Waals surface area contributed by atoms with Crippen LogP contribution in [0.15, 0.2) is 53.6 Å². The number of amides is 3. The Bertz CT molecular complexity index is 898. The molecule has 3 amide bonds. The van der Waals surface area contributed by atoms with Gasteiger partial charge in [0.15, 0.2) is 11.5 Å². The molecule has 0 radical (unpaired) electrons. The monoisotopic (exact) mass is 381 g/mol. The van der Waals surface area contributed by atoms with Crippen LogP contribution in [0.4, 0.5) is 4.79 Å². The summed E-state index contributed by atoms with van der Waals surface area (Å²) < 4.78 is 10.4. The van der Waals surface area contributed by atoms with Gasteiger partial charge in [-0.05, 0) is 49.1 Å². The number of methoxy groups -OCH3 is 2. The zero-order chi connectivity index (χ0) is 20.1. The van der Waals surface area contributed by atoms with E-state index in [1.165, 1.54) is 13.3 Å². The number of hydrogen-bond acceptors (Lipinski definition) is 5. The fraction of sp³-hybridized carbons (Fsp3) is 0.286. The number of aryl methyl sites for hydroxylation is 1. The molecule has 0 bridgehead atoms. The summed E-state index contributed by atoms with van der Waals surface area (Å²) in [6.45, 7) is 1.72. The number of hydrogen-bond donors (Lipinski definition) is 1. The average molecular weight is 381 g/mol. The van der Waals surface area contributed by atoms with Crippen molar-refractivity contribution in [2.24, 2.45) is 5.10 Å². The maximum atomic E-state index is 12.8. The van der Waals surface area contributed by atoms with E-state index in [-0.39, 0.29) is 5.91 Å².